The number of fused-ring (bicyclic) bond motifs is 3. The van der Waals surface area contributed by atoms with Crippen LogP contribution in [0.5, 0.6) is 5.88 Å². The fourth-order valence-corrected chi connectivity index (χ4v) is 4.26. The molecule has 3 aromatic rings. The Morgan fingerprint density at radius 1 is 1.29 bits per heavy atom. The van der Waals surface area contributed by atoms with Crippen molar-refractivity contribution in [2.75, 3.05) is 11.9 Å². The van der Waals surface area contributed by atoms with E-state index in [2.05, 4.69) is 15.3 Å². The van der Waals surface area contributed by atoms with Crippen molar-refractivity contribution in [2.24, 2.45) is 0 Å². The Bertz CT molecular complexity index is 920. The van der Waals surface area contributed by atoms with Gasteiger partial charge in [-0.1, -0.05) is 18.2 Å². The van der Waals surface area contributed by atoms with E-state index in [4.69, 9.17) is 4.74 Å². The largest absolute Gasteiger partial charge is 0.467 e. The van der Waals surface area contributed by atoms with Crippen LogP contribution in [0.15, 0.2) is 30.6 Å². The maximum absolute atomic E-state index is 12.2. The van der Waals surface area contributed by atoms with Gasteiger partial charge in [-0.3, -0.25) is 4.79 Å². The number of rotatable bonds is 4. The summed E-state index contributed by atoms with van der Waals surface area (Å²) in [5, 5.41) is 3.85. The molecule has 0 aliphatic heterocycles. The van der Waals surface area contributed by atoms with Crippen LogP contribution in [0.3, 0.4) is 0 Å². The van der Waals surface area contributed by atoms with Gasteiger partial charge < -0.3 is 10.1 Å². The third-order valence-electron chi connectivity index (χ3n) is 4.23. The number of nitrogens with zero attached hydrogens (tertiary/aromatic N) is 2. The Labute approximate surface area is 143 Å². The predicted molar refractivity (Wildman–Crippen MR) is 94.7 cm³/mol. The number of para-hydroxylation sites is 1. The van der Waals surface area contributed by atoms with E-state index in [1.807, 2.05) is 31.2 Å². The van der Waals surface area contributed by atoms with Crippen molar-refractivity contribution < 1.29 is 9.53 Å². The van der Waals surface area contributed by atoms with Gasteiger partial charge in [-0.15, -0.1) is 11.3 Å². The molecular formula is C18H17N3O2S. The average Bonchev–Trinajstić information content (AvgIpc) is 3.16. The second-order valence-electron chi connectivity index (χ2n) is 5.87. The summed E-state index contributed by atoms with van der Waals surface area (Å²) < 4.78 is 5.72. The van der Waals surface area contributed by atoms with E-state index < -0.39 is 0 Å². The molecule has 0 saturated carbocycles. The van der Waals surface area contributed by atoms with E-state index in [1.54, 1.807) is 11.3 Å². The number of anilines is 1. The highest BCUT2D eigenvalue weighted by Gasteiger charge is 2.22. The summed E-state index contributed by atoms with van der Waals surface area (Å²) in [6.45, 7) is 1.89. The number of benzene rings is 1. The van der Waals surface area contributed by atoms with E-state index in [-0.39, 0.29) is 12.5 Å². The highest BCUT2D eigenvalue weighted by molar-refractivity contribution is 7.18. The summed E-state index contributed by atoms with van der Waals surface area (Å²) in [7, 11) is 0. The minimum atomic E-state index is -0.192. The van der Waals surface area contributed by atoms with Gasteiger partial charge in [0.25, 0.3) is 5.91 Å². The Morgan fingerprint density at radius 2 is 2.17 bits per heavy atom. The van der Waals surface area contributed by atoms with Crippen LogP contribution in [-0.4, -0.2) is 22.5 Å². The van der Waals surface area contributed by atoms with E-state index in [1.165, 1.54) is 23.2 Å². The molecule has 2 aromatic heterocycles. The summed E-state index contributed by atoms with van der Waals surface area (Å²) >= 11 is 1.71. The number of thiophene rings is 1. The Balaban J connectivity index is 1.51. The number of hydrogen-bond donors (Lipinski definition) is 1. The smallest absolute Gasteiger partial charge is 0.262 e. The number of carbonyl (C=O) groups excluding carboxylic acids is 1. The van der Waals surface area contributed by atoms with Crippen molar-refractivity contribution in [2.45, 2.75) is 26.2 Å². The number of carbonyl (C=O) groups is 1. The van der Waals surface area contributed by atoms with Gasteiger partial charge in [0.2, 0.25) is 5.88 Å². The van der Waals surface area contributed by atoms with Crippen molar-refractivity contribution >= 4 is 33.1 Å². The van der Waals surface area contributed by atoms with Crippen molar-refractivity contribution in [3.8, 4) is 5.88 Å². The summed E-state index contributed by atoms with van der Waals surface area (Å²) in [5.74, 6) is 0.322. The van der Waals surface area contributed by atoms with E-state index in [0.29, 0.717) is 5.88 Å². The van der Waals surface area contributed by atoms with Crippen LogP contribution in [0.25, 0.3) is 10.2 Å². The Hall–Kier alpha value is -2.47. The number of ether oxygens (including phenoxy) is 1. The first kappa shape index (κ1) is 15.1. The van der Waals surface area contributed by atoms with Gasteiger partial charge in [-0.25, -0.2) is 9.97 Å². The second-order valence-corrected chi connectivity index (χ2v) is 6.95. The molecular weight excluding hydrogens is 322 g/mol. The van der Waals surface area contributed by atoms with Crippen molar-refractivity contribution in [3.05, 3.63) is 46.6 Å². The van der Waals surface area contributed by atoms with Crippen LogP contribution in [0.4, 0.5) is 5.69 Å². The van der Waals surface area contributed by atoms with Crippen LogP contribution in [0, 0.1) is 6.92 Å². The highest BCUT2D eigenvalue weighted by Crippen LogP contribution is 2.39. The molecule has 1 aliphatic carbocycles. The molecule has 0 unspecified atom stereocenters. The lowest BCUT2D eigenvalue weighted by atomic mass is 10.2. The maximum atomic E-state index is 12.2. The first-order chi connectivity index (χ1) is 11.7. The monoisotopic (exact) mass is 339 g/mol. The Morgan fingerprint density at radius 3 is 3.04 bits per heavy atom. The first-order valence-electron chi connectivity index (χ1n) is 7.96. The van der Waals surface area contributed by atoms with Crippen molar-refractivity contribution in [3.63, 3.8) is 0 Å². The second kappa shape index (κ2) is 6.20. The SMILES string of the molecule is Cc1ccccc1NC(=O)COc1ncnc2sc3c(c12)CCC3. The van der Waals surface area contributed by atoms with E-state index in [0.717, 1.165) is 34.3 Å². The molecule has 0 saturated heterocycles. The summed E-state index contributed by atoms with van der Waals surface area (Å²) in [4.78, 5) is 23.1. The highest BCUT2D eigenvalue weighted by atomic mass is 32.1. The van der Waals surface area contributed by atoms with Crippen LogP contribution < -0.4 is 10.1 Å². The number of amides is 1. The van der Waals surface area contributed by atoms with Gasteiger partial charge in [0.15, 0.2) is 6.61 Å². The fourth-order valence-electron chi connectivity index (χ4n) is 3.04. The molecule has 6 heteroatoms. The standard InChI is InChI=1S/C18H17N3O2S/c1-11-5-2-3-7-13(11)21-15(22)9-23-17-16-12-6-4-8-14(12)24-18(16)20-10-19-17/h2-3,5,7,10H,4,6,8-9H2,1H3,(H,21,22). The molecule has 5 nitrogen and oxygen atoms in total. The molecule has 1 aromatic carbocycles. The molecule has 1 amide bonds. The molecule has 0 atom stereocenters. The van der Waals surface area contributed by atoms with E-state index >= 15 is 0 Å². The van der Waals surface area contributed by atoms with Gasteiger partial charge in [0, 0.05) is 10.6 Å². The third-order valence-corrected chi connectivity index (χ3v) is 5.43. The quantitative estimate of drug-likeness (QED) is 0.790. The molecule has 24 heavy (non-hydrogen) atoms. The lowest BCUT2D eigenvalue weighted by molar-refractivity contribution is -0.118. The van der Waals surface area contributed by atoms with Crippen LogP contribution in [-0.2, 0) is 17.6 Å². The summed E-state index contributed by atoms with van der Waals surface area (Å²) in [6, 6.07) is 7.67. The minimum absolute atomic E-state index is 0.0644. The van der Waals surface area contributed by atoms with E-state index in [9.17, 15) is 4.79 Å². The lowest BCUT2D eigenvalue weighted by Crippen LogP contribution is -2.21. The van der Waals surface area contributed by atoms with Gasteiger partial charge >= 0.3 is 0 Å². The zero-order valence-corrected chi connectivity index (χ0v) is 14.2. The first-order valence-corrected chi connectivity index (χ1v) is 8.77. The summed E-state index contributed by atoms with van der Waals surface area (Å²) in [5.41, 5.74) is 3.12. The van der Waals surface area contributed by atoms with Crippen LogP contribution >= 0.6 is 11.3 Å². The average molecular weight is 339 g/mol. The van der Waals surface area contributed by atoms with Gasteiger partial charge in [0.05, 0.1) is 5.39 Å². The van der Waals surface area contributed by atoms with Gasteiger partial charge in [-0.2, -0.15) is 0 Å². The third kappa shape index (κ3) is 2.73. The molecule has 122 valence electrons. The molecule has 0 spiro atoms. The molecule has 1 N–H and O–H groups in total. The topological polar surface area (TPSA) is 64.1 Å². The summed E-state index contributed by atoms with van der Waals surface area (Å²) in [6.07, 6.45) is 4.81. The predicted octanol–water partition coefficient (Wildman–Crippen LogP) is 3.51. The van der Waals surface area contributed by atoms with Crippen molar-refractivity contribution in [1.82, 2.24) is 9.97 Å². The van der Waals surface area contributed by atoms with Crippen LogP contribution in [0.2, 0.25) is 0 Å². The van der Waals surface area contributed by atoms with Crippen LogP contribution in [0.1, 0.15) is 22.4 Å². The number of nitrogens with one attached hydrogen (secondary N) is 1. The van der Waals surface area contributed by atoms with Gasteiger partial charge in [0.1, 0.15) is 11.2 Å². The molecule has 0 radical (unpaired) electrons. The molecule has 0 bridgehead atoms. The van der Waals surface area contributed by atoms with Crippen molar-refractivity contribution in [1.29, 1.82) is 0 Å². The molecule has 4 rings (SSSR count). The maximum Gasteiger partial charge on any atom is 0.262 e. The molecule has 1 aliphatic rings. The minimum Gasteiger partial charge on any atom is -0.467 e. The zero-order chi connectivity index (χ0) is 16.5. The Kier molecular flexibility index (Phi) is 3.90. The molecule has 0 fully saturated rings. The number of aryl methyl sites for hydroxylation is 3. The normalized spacial score (nSPS) is 13.0. The van der Waals surface area contributed by atoms with Gasteiger partial charge in [-0.05, 0) is 43.4 Å². The zero-order valence-electron chi connectivity index (χ0n) is 13.3. The fraction of sp³-hybridized carbons (Fsp3) is 0.278. The number of aromatic nitrogens is 2. The number of hydrogen-bond acceptors (Lipinski definition) is 5. The molecule has 2 heterocycles. The lowest BCUT2D eigenvalue weighted by Gasteiger charge is -2.09.